The van der Waals surface area contributed by atoms with Crippen LogP contribution in [0.25, 0.3) is 0 Å². The lowest BCUT2D eigenvalue weighted by atomic mass is 9.94. The van der Waals surface area contributed by atoms with E-state index in [-0.39, 0.29) is 0 Å². The average molecular weight is 249 g/mol. The lowest BCUT2D eigenvalue weighted by molar-refractivity contribution is -0.139. The summed E-state index contributed by atoms with van der Waals surface area (Å²) in [4.78, 5) is 11.4. The van der Waals surface area contributed by atoms with Crippen LogP contribution in [0, 0.1) is 0 Å². The van der Waals surface area contributed by atoms with E-state index in [9.17, 15) is 9.90 Å². The van der Waals surface area contributed by atoms with Gasteiger partial charge in [-0.3, -0.25) is 4.79 Å². The monoisotopic (exact) mass is 249 g/mol. The third kappa shape index (κ3) is 1.54. The first kappa shape index (κ1) is 11.3. The summed E-state index contributed by atoms with van der Waals surface area (Å²) in [6.45, 7) is 1.22. The number of carbonyl (C=O) groups is 1. The van der Waals surface area contributed by atoms with Gasteiger partial charge in [0.05, 0.1) is 13.2 Å². The lowest BCUT2D eigenvalue weighted by Gasteiger charge is -2.18. The summed E-state index contributed by atoms with van der Waals surface area (Å²) >= 11 is 0. The number of hydrogen-bond acceptors (Lipinski definition) is 4. The van der Waals surface area contributed by atoms with Crippen LogP contribution in [0.1, 0.15) is 22.7 Å². The van der Waals surface area contributed by atoms with Gasteiger partial charge in [0.2, 0.25) is 0 Å². The zero-order valence-electron chi connectivity index (χ0n) is 10.2. The van der Waals surface area contributed by atoms with Crippen molar-refractivity contribution < 1.29 is 19.4 Å². The van der Waals surface area contributed by atoms with Gasteiger partial charge in [-0.1, -0.05) is 0 Å². The summed E-state index contributed by atoms with van der Waals surface area (Å²) in [6.07, 6.45) is 1.56. The fraction of sp³-hybridized carbons (Fsp3) is 0.462. The van der Waals surface area contributed by atoms with Crippen LogP contribution in [0.2, 0.25) is 0 Å². The van der Waals surface area contributed by atoms with Gasteiger partial charge < -0.3 is 19.9 Å². The molecule has 2 aliphatic rings. The van der Waals surface area contributed by atoms with Gasteiger partial charge in [0.1, 0.15) is 17.5 Å². The minimum Gasteiger partial charge on any atom is -0.493 e. The molecular weight excluding hydrogens is 234 g/mol. The first-order chi connectivity index (χ1) is 8.72. The van der Waals surface area contributed by atoms with E-state index in [2.05, 4.69) is 5.32 Å². The van der Waals surface area contributed by atoms with E-state index < -0.39 is 12.0 Å². The van der Waals surface area contributed by atoms with E-state index in [1.807, 2.05) is 6.07 Å². The van der Waals surface area contributed by atoms with E-state index in [1.165, 1.54) is 0 Å². The van der Waals surface area contributed by atoms with Gasteiger partial charge in [0.25, 0.3) is 0 Å². The molecular formula is C13H15NO4. The molecule has 1 unspecified atom stereocenters. The second-order valence-corrected chi connectivity index (χ2v) is 4.51. The Hall–Kier alpha value is -1.75. The molecule has 2 heterocycles. The van der Waals surface area contributed by atoms with E-state index in [4.69, 9.17) is 9.47 Å². The summed E-state index contributed by atoms with van der Waals surface area (Å²) in [5, 5.41) is 12.2. The number of ether oxygens (including phenoxy) is 2. The van der Waals surface area contributed by atoms with Crippen LogP contribution in [-0.2, 0) is 17.6 Å². The second-order valence-electron chi connectivity index (χ2n) is 4.51. The summed E-state index contributed by atoms with van der Waals surface area (Å²) in [5.74, 6) is 0.659. The van der Waals surface area contributed by atoms with Crippen molar-refractivity contribution in [1.82, 2.24) is 5.32 Å². The first-order valence-electron chi connectivity index (χ1n) is 6.06. The van der Waals surface area contributed by atoms with Gasteiger partial charge in [-0.25, -0.2) is 0 Å². The highest BCUT2D eigenvalue weighted by molar-refractivity contribution is 5.79. The standard InChI is InChI=1S/C13H15NO4/c1-14-11(13(15)16)10-8-3-5-17-9(8)6-7-2-4-18-12(7)10/h6,11,14H,2-5H2,1H3,(H,15,16). The van der Waals surface area contributed by atoms with Gasteiger partial charge in [0, 0.05) is 29.5 Å². The predicted molar refractivity (Wildman–Crippen MR) is 64.3 cm³/mol. The van der Waals surface area contributed by atoms with Crippen LogP contribution < -0.4 is 14.8 Å². The largest absolute Gasteiger partial charge is 0.493 e. The molecule has 1 atom stereocenters. The molecule has 0 fully saturated rings. The predicted octanol–water partition coefficient (Wildman–Crippen LogP) is 0.901. The molecule has 0 saturated heterocycles. The zero-order chi connectivity index (χ0) is 12.7. The third-order valence-electron chi connectivity index (χ3n) is 3.52. The van der Waals surface area contributed by atoms with E-state index in [0.717, 1.165) is 41.0 Å². The molecule has 5 nitrogen and oxygen atoms in total. The molecule has 0 aliphatic carbocycles. The second kappa shape index (κ2) is 4.17. The summed E-state index contributed by atoms with van der Waals surface area (Å²) in [5.41, 5.74) is 2.76. The summed E-state index contributed by atoms with van der Waals surface area (Å²) in [6, 6.07) is 1.25. The first-order valence-corrected chi connectivity index (χ1v) is 6.06. The van der Waals surface area contributed by atoms with Crippen molar-refractivity contribution in [2.75, 3.05) is 20.3 Å². The quantitative estimate of drug-likeness (QED) is 0.833. The number of carboxylic acid groups (broad SMARTS) is 1. The number of rotatable bonds is 3. The van der Waals surface area contributed by atoms with Gasteiger partial charge in [-0.15, -0.1) is 0 Å². The smallest absolute Gasteiger partial charge is 0.325 e. The molecule has 18 heavy (non-hydrogen) atoms. The van der Waals surface area contributed by atoms with E-state index in [1.54, 1.807) is 7.05 Å². The Bertz CT molecular complexity index is 480. The molecule has 5 heteroatoms. The molecule has 0 aromatic heterocycles. The maximum absolute atomic E-state index is 11.4. The van der Waals surface area contributed by atoms with Gasteiger partial charge in [-0.05, 0) is 13.1 Å². The van der Waals surface area contributed by atoms with Crippen LogP contribution >= 0.6 is 0 Å². The van der Waals surface area contributed by atoms with Crippen molar-refractivity contribution in [3.8, 4) is 11.5 Å². The number of fused-ring (bicyclic) bond motifs is 2. The Labute approximate surface area is 105 Å². The molecule has 0 saturated carbocycles. The number of aliphatic carboxylic acids is 1. The maximum atomic E-state index is 11.4. The van der Waals surface area contributed by atoms with Crippen LogP contribution in [0.15, 0.2) is 6.07 Å². The van der Waals surface area contributed by atoms with Gasteiger partial charge in [-0.2, -0.15) is 0 Å². The fourth-order valence-corrected chi connectivity index (χ4v) is 2.72. The molecule has 0 radical (unpaired) electrons. The lowest BCUT2D eigenvalue weighted by Crippen LogP contribution is -2.26. The van der Waals surface area contributed by atoms with Crippen LogP contribution in [0.4, 0.5) is 0 Å². The molecule has 2 N–H and O–H groups in total. The van der Waals surface area contributed by atoms with Crippen molar-refractivity contribution in [2.45, 2.75) is 18.9 Å². The highest BCUT2D eigenvalue weighted by Gasteiger charge is 2.33. The molecule has 0 spiro atoms. The Morgan fingerprint density at radius 1 is 1.39 bits per heavy atom. The Balaban J connectivity index is 2.20. The minimum absolute atomic E-state index is 0.612. The molecule has 96 valence electrons. The molecule has 0 bridgehead atoms. The van der Waals surface area contributed by atoms with Gasteiger partial charge >= 0.3 is 5.97 Å². The Morgan fingerprint density at radius 3 is 2.89 bits per heavy atom. The molecule has 1 aromatic carbocycles. The highest BCUT2D eigenvalue weighted by Crippen LogP contribution is 2.43. The fourth-order valence-electron chi connectivity index (χ4n) is 2.72. The number of likely N-dealkylation sites (N-methyl/N-ethyl adjacent to an activating group) is 1. The Kier molecular flexibility index (Phi) is 2.63. The SMILES string of the molecule is CNC(C(=O)O)c1c2c(cc3c1OCC3)OCC2. The summed E-state index contributed by atoms with van der Waals surface area (Å²) < 4.78 is 11.2. The number of carboxylic acids is 1. The normalized spacial score (nSPS) is 17.6. The number of benzene rings is 1. The topological polar surface area (TPSA) is 67.8 Å². The molecule has 0 amide bonds. The van der Waals surface area contributed by atoms with Crippen LogP contribution in [0.3, 0.4) is 0 Å². The van der Waals surface area contributed by atoms with Crippen LogP contribution in [0.5, 0.6) is 11.5 Å². The maximum Gasteiger partial charge on any atom is 0.325 e. The zero-order valence-corrected chi connectivity index (χ0v) is 10.2. The van der Waals surface area contributed by atoms with E-state index >= 15 is 0 Å². The minimum atomic E-state index is -0.893. The third-order valence-corrected chi connectivity index (χ3v) is 3.52. The van der Waals surface area contributed by atoms with Crippen LogP contribution in [-0.4, -0.2) is 31.3 Å². The summed E-state index contributed by atoms with van der Waals surface area (Å²) in [7, 11) is 1.65. The molecule has 2 aliphatic heterocycles. The highest BCUT2D eigenvalue weighted by atomic mass is 16.5. The average Bonchev–Trinajstić information content (AvgIpc) is 2.95. The van der Waals surface area contributed by atoms with E-state index in [0.29, 0.717) is 13.2 Å². The van der Waals surface area contributed by atoms with Crippen molar-refractivity contribution in [2.24, 2.45) is 0 Å². The van der Waals surface area contributed by atoms with Crippen molar-refractivity contribution in [3.05, 3.63) is 22.8 Å². The van der Waals surface area contributed by atoms with Gasteiger partial charge in [0.15, 0.2) is 0 Å². The molecule has 3 rings (SSSR count). The van der Waals surface area contributed by atoms with Crippen molar-refractivity contribution in [3.63, 3.8) is 0 Å². The Morgan fingerprint density at radius 2 is 2.17 bits per heavy atom. The molecule has 1 aromatic rings. The number of nitrogens with one attached hydrogen (secondary N) is 1. The van der Waals surface area contributed by atoms with Crippen molar-refractivity contribution in [1.29, 1.82) is 0 Å². The number of hydrogen-bond donors (Lipinski definition) is 2. The van der Waals surface area contributed by atoms with Crippen molar-refractivity contribution >= 4 is 5.97 Å².